The average Bonchev–Trinajstić information content (AvgIpc) is 2.65. The zero-order valence-electron chi connectivity index (χ0n) is 15.7. The lowest BCUT2D eigenvalue weighted by Gasteiger charge is -2.22. The molecule has 0 saturated carbocycles. The fraction of sp³-hybridized carbons (Fsp3) is 0.333. The molecule has 2 rings (SSSR count). The van der Waals surface area contributed by atoms with Crippen LogP contribution in [0.25, 0.3) is 0 Å². The molecular weight excluding hydrogens is 324 g/mol. The minimum atomic E-state index is -0.0346. The summed E-state index contributed by atoms with van der Waals surface area (Å²) in [5.41, 5.74) is 4.51. The summed E-state index contributed by atoms with van der Waals surface area (Å²) in [6.07, 6.45) is 0.355. The summed E-state index contributed by atoms with van der Waals surface area (Å²) in [7, 11) is 0. The number of hydrogen-bond acceptors (Lipinski definition) is 4. The van der Waals surface area contributed by atoms with E-state index in [1.54, 1.807) is 12.1 Å². The highest BCUT2D eigenvalue weighted by Gasteiger charge is 2.08. The number of amides is 1. The molecule has 0 atom stereocenters. The van der Waals surface area contributed by atoms with Gasteiger partial charge in [0.25, 0.3) is 0 Å². The smallest absolute Gasteiger partial charge is 0.226 e. The number of nitrogens with zero attached hydrogens (tertiary/aromatic N) is 2. The number of nitriles is 1. The number of benzene rings is 2. The summed E-state index contributed by atoms with van der Waals surface area (Å²) in [5, 5.41) is 15.0. The van der Waals surface area contributed by atoms with E-state index in [1.807, 2.05) is 31.2 Å². The normalized spacial score (nSPS) is 10.1. The molecule has 0 aliphatic carbocycles. The Morgan fingerprint density at radius 2 is 1.92 bits per heavy atom. The van der Waals surface area contributed by atoms with Crippen LogP contribution in [0.1, 0.15) is 31.4 Å². The third-order valence-electron chi connectivity index (χ3n) is 4.29. The molecule has 0 saturated heterocycles. The van der Waals surface area contributed by atoms with Crippen LogP contribution in [0.2, 0.25) is 0 Å². The molecule has 0 aliphatic heterocycles. The standard InChI is InChI=1S/C21H26N4O/c1-4-25(5-2)19-9-10-20(16(3)13-19)24-21(26)11-12-23-18-8-6-7-17(14-18)15-22/h6-10,13-14,23H,4-5,11-12H2,1-3H3,(H,24,26). The maximum absolute atomic E-state index is 12.2. The van der Waals surface area contributed by atoms with Gasteiger partial charge in [0.1, 0.15) is 0 Å². The first-order chi connectivity index (χ1) is 12.6. The number of carbonyl (C=O) groups excluding carboxylic acids is 1. The summed E-state index contributed by atoms with van der Waals surface area (Å²) >= 11 is 0. The highest BCUT2D eigenvalue weighted by molar-refractivity contribution is 5.92. The van der Waals surface area contributed by atoms with Crippen molar-refractivity contribution < 1.29 is 4.79 Å². The molecule has 2 aromatic carbocycles. The molecule has 2 N–H and O–H groups in total. The molecule has 2 aromatic rings. The minimum Gasteiger partial charge on any atom is -0.384 e. The van der Waals surface area contributed by atoms with E-state index in [9.17, 15) is 4.79 Å². The monoisotopic (exact) mass is 350 g/mol. The summed E-state index contributed by atoms with van der Waals surface area (Å²) in [5.74, 6) is -0.0346. The van der Waals surface area contributed by atoms with Crippen molar-refractivity contribution in [1.82, 2.24) is 0 Å². The Balaban J connectivity index is 1.88. The largest absolute Gasteiger partial charge is 0.384 e. The third-order valence-corrected chi connectivity index (χ3v) is 4.29. The van der Waals surface area contributed by atoms with Gasteiger partial charge in [-0.05, 0) is 62.7 Å². The van der Waals surface area contributed by atoms with Gasteiger partial charge in [0.05, 0.1) is 11.6 Å². The van der Waals surface area contributed by atoms with Gasteiger partial charge in [-0.25, -0.2) is 0 Å². The Labute approximate surface area is 155 Å². The molecule has 0 unspecified atom stereocenters. The molecule has 26 heavy (non-hydrogen) atoms. The van der Waals surface area contributed by atoms with E-state index in [0.717, 1.165) is 30.0 Å². The van der Waals surface area contributed by atoms with E-state index < -0.39 is 0 Å². The lowest BCUT2D eigenvalue weighted by molar-refractivity contribution is -0.115. The fourth-order valence-electron chi connectivity index (χ4n) is 2.81. The topological polar surface area (TPSA) is 68.2 Å². The first kappa shape index (κ1) is 19.3. The second-order valence-electron chi connectivity index (χ2n) is 6.09. The molecule has 5 heteroatoms. The van der Waals surface area contributed by atoms with Crippen LogP contribution in [0.15, 0.2) is 42.5 Å². The summed E-state index contributed by atoms with van der Waals surface area (Å²) < 4.78 is 0. The second kappa shape index (κ2) is 9.47. The minimum absolute atomic E-state index is 0.0346. The number of aryl methyl sites for hydroxylation is 1. The molecule has 0 aliphatic rings. The molecule has 0 bridgehead atoms. The van der Waals surface area contributed by atoms with Gasteiger partial charge in [-0.2, -0.15) is 5.26 Å². The van der Waals surface area contributed by atoms with E-state index in [0.29, 0.717) is 18.5 Å². The first-order valence-corrected chi connectivity index (χ1v) is 8.96. The predicted molar refractivity (Wildman–Crippen MR) is 108 cm³/mol. The molecule has 136 valence electrons. The number of anilines is 3. The number of carbonyl (C=O) groups is 1. The van der Waals surface area contributed by atoms with Crippen molar-refractivity contribution in [2.45, 2.75) is 27.2 Å². The lowest BCUT2D eigenvalue weighted by atomic mass is 10.1. The Morgan fingerprint density at radius 3 is 2.58 bits per heavy atom. The van der Waals surface area contributed by atoms with E-state index in [1.165, 1.54) is 5.69 Å². The highest BCUT2D eigenvalue weighted by atomic mass is 16.1. The zero-order valence-corrected chi connectivity index (χ0v) is 15.7. The first-order valence-electron chi connectivity index (χ1n) is 8.96. The van der Waals surface area contributed by atoms with Crippen LogP contribution in [0, 0.1) is 18.3 Å². The molecule has 0 aromatic heterocycles. The van der Waals surface area contributed by atoms with Crippen LogP contribution in [0.4, 0.5) is 17.1 Å². The molecule has 1 amide bonds. The van der Waals surface area contributed by atoms with Crippen molar-refractivity contribution in [3.63, 3.8) is 0 Å². The van der Waals surface area contributed by atoms with Crippen molar-refractivity contribution in [3.8, 4) is 6.07 Å². The molecule has 5 nitrogen and oxygen atoms in total. The van der Waals surface area contributed by atoms with E-state index >= 15 is 0 Å². The SMILES string of the molecule is CCN(CC)c1ccc(NC(=O)CCNc2cccc(C#N)c2)c(C)c1. The molecule has 0 heterocycles. The van der Waals surface area contributed by atoms with Gasteiger partial charge in [-0.3, -0.25) is 4.79 Å². The van der Waals surface area contributed by atoms with E-state index in [-0.39, 0.29) is 5.91 Å². The average molecular weight is 350 g/mol. The maximum atomic E-state index is 12.2. The van der Waals surface area contributed by atoms with Gasteiger partial charge in [-0.15, -0.1) is 0 Å². The van der Waals surface area contributed by atoms with Crippen LogP contribution in [-0.4, -0.2) is 25.5 Å². The van der Waals surface area contributed by atoms with Crippen LogP contribution in [0.3, 0.4) is 0 Å². The molecule has 0 spiro atoms. The van der Waals surface area contributed by atoms with Crippen molar-refractivity contribution in [2.75, 3.05) is 35.2 Å². The van der Waals surface area contributed by atoms with Crippen molar-refractivity contribution >= 4 is 23.0 Å². The van der Waals surface area contributed by atoms with Gasteiger partial charge in [0.2, 0.25) is 5.91 Å². The second-order valence-corrected chi connectivity index (χ2v) is 6.09. The van der Waals surface area contributed by atoms with Crippen molar-refractivity contribution in [1.29, 1.82) is 5.26 Å². The van der Waals surface area contributed by atoms with Gasteiger partial charge in [0, 0.05) is 43.1 Å². The Bertz CT molecular complexity index is 791. The summed E-state index contributed by atoms with van der Waals surface area (Å²) in [4.78, 5) is 14.5. The van der Waals surface area contributed by atoms with Gasteiger partial charge >= 0.3 is 0 Å². The van der Waals surface area contributed by atoms with Crippen molar-refractivity contribution in [3.05, 3.63) is 53.6 Å². The Morgan fingerprint density at radius 1 is 1.15 bits per heavy atom. The quantitative estimate of drug-likeness (QED) is 0.750. The maximum Gasteiger partial charge on any atom is 0.226 e. The fourth-order valence-corrected chi connectivity index (χ4v) is 2.81. The van der Waals surface area contributed by atoms with E-state index in [4.69, 9.17) is 5.26 Å². The van der Waals surface area contributed by atoms with Crippen molar-refractivity contribution in [2.24, 2.45) is 0 Å². The summed E-state index contributed by atoms with van der Waals surface area (Å²) in [6.45, 7) is 8.70. The van der Waals surface area contributed by atoms with Crippen LogP contribution < -0.4 is 15.5 Å². The number of nitrogens with one attached hydrogen (secondary N) is 2. The van der Waals surface area contributed by atoms with Crippen LogP contribution in [-0.2, 0) is 4.79 Å². The summed E-state index contributed by atoms with van der Waals surface area (Å²) in [6, 6.07) is 15.4. The van der Waals surface area contributed by atoms with Gasteiger partial charge < -0.3 is 15.5 Å². The van der Waals surface area contributed by atoms with E-state index in [2.05, 4.69) is 41.5 Å². The number of hydrogen-bond donors (Lipinski definition) is 2. The third kappa shape index (κ3) is 5.25. The van der Waals surface area contributed by atoms with Gasteiger partial charge in [-0.1, -0.05) is 6.07 Å². The molecule has 0 fully saturated rings. The van der Waals surface area contributed by atoms with Crippen LogP contribution in [0.5, 0.6) is 0 Å². The Hall–Kier alpha value is -3.00. The molecular formula is C21H26N4O. The predicted octanol–water partition coefficient (Wildman–Crippen LogP) is 4.15. The Kier molecular flexibility index (Phi) is 7.04. The van der Waals surface area contributed by atoms with Gasteiger partial charge in [0.15, 0.2) is 0 Å². The zero-order chi connectivity index (χ0) is 18.9. The lowest BCUT2D eigenvalue weighted by Crippen LogP contribution is -2.22. The number of rotatable bonds is 8. The highest BCUT2D eigenvalue weighted by Crippen LogP contribution is 2.22. The molecule has 0 radical (unpaired) electrons. The van der Waals surface area contributed by atoms with Crippen LogP contribution >= 0.6 is 0 Å².